The maximum atomic E-state index is 13.4. The maximum absolute atomic E-state index is 13.4. The minimum absolute atomic E-state index is 0.0145. The van der Waals surface area contributed by atoms with E-state index in [1.54, 1.807) is 35.9 Å². The van der Waals surface area contributed by atoms with Gasteiger partial charge in [-0.2, -0.15) is 0 Å². The number of carbonyl (C=O) groups is 1. The molecule has 5 nitrogen and oxygen atoms in total. The molecular formula is C21H22N2O3S. The molecule has 0 saturated carbocycles. The third-order valence-electron chi connectivity index (χ3n) is 5.47. The third-order valence-corrected chi connectivity index (χ3v) is 6.42. The maximum Gasteiger partial charge on any atom is 0.228 e. The summed E-state index contributed by atoms with van der Waals surface area (Å²) in [7, 11) is 0. The number of nitrogens with one attached hydrogen (secondary N) is 1. The number of aliphatic imine (C=N–C) groups is 1. The van der Waals surface area contributed by atoms with Gasteiger partial charge in [0.15, 0.2) is 0 Å². The SMILES string of the molecule is C[C@@]1(C(=O)NC2CCN=CS2)Cc2ccc(O)cc2[C@@H]1c1cccc(O)c1. The number of hydrogen-bond donors (Lipinski definition) is 3. The van der Waals surface area contributed by atoms with Crippen LogP contribution in [0.15, 0.2) is 47.5 Å². The second-order valence-corrected chi connectivity index (χ2v) is 8.46. The summed E-state index contributed by atoms with van der Waals surface area (Å²) < 4.78 is 0. The van der Waals surface area contributed by atoms with Crippen molar-refractivity contribution in [1.82, 2.24) is 5.32 Å². The van der Waals surface area contributed by atoms with E-state index in [1.165, 1.54) is 11.8 Å². The van der Waals surface area contributed by atoms with Gasteiger partial charge in [0.05, 0.1) is 16.3 Å². The fourth-order valence-corrected chi connectivity index (χ4v) is 4.92. The summed E-state index contributed by atoms with van der Waals surface area (Å²) in [6.45, 7) is 2.69. The van der Waals surface area contributed by atoms with Gasteiger partial charge in [0.25, 0.3) is 0 Å². The fourth-order valence-electron chi connectivity index (χ4n) is 4.16. The van der Waals surface area contributed by atoms with Crippen molar-refractivity contribution in [3.63, 3.8) is 0 Å². The highest BCUT2D eigenvalue weighted by Crippen LogP contribution is 2.52. The van der Waals surface area contributed by atoms with E-state index in [0.717, 1.165) is 29.7 Å². The summed E-state index contributed by atoms with van der Waals surface area (Å²) in [5, 5.41) is 23.2. The summed E-state index contributed by atoms with van der Waals surface area (Å²) >= 11 is 1.53. The number of hydrogen-bond acceptors (Lipinski definition) is 5. The largest absolute Gasteiger partial charge is 0.508 e. The van der Waals surface area contributed by atoms with Crippen LogP contribution in [0.25, 0.3) is 0 Å². The Morgan fingerprint density at radius 3 is 2.78 bits per heavy atom. The van der Waals surface area contributed by atoms with E-state index in [-0.39, 0.29) is 28.7 Å². The molecule has 2 aromatic rings. The number of fused-ring (bicyclic) bond motifs is 1. The van der Waals surface area contributed by atoms with E-state index in [9.17, 15) is 15.0 Å². The van der Waals surface area contributed by atoms with Crippen LogP contribution >= 0.6 is 11.8 Å². The first kappa shape index (κ1) is 17.9. The molecule has 4 rings (SSSR count). The Labute approximate surface area is 162 Å². The summed E-state index contributed by atoms with van der Waals surface area (Å²) in [6, 6.07) is 12.3. The van der Waals surface area contributed by atoms with Crippen LogP contribution < -0.4 is 5.32 Å². The molecule has 2 aromatic carbocycles. The molecule has 1 heterocycles. The highest BCUT2D eigenvalue weighted by atomic mass is 32.2. The molecule has 3 N–H and O–H groups in total. The molecule has 1 unspecified atom stereocenters. The van der Waals surface area contributed by atoms with Gasteiger partial charge in [-0.25, -0.2) is 0 Å². The molecule has 0 radical (unpaired) electrons. The molecule has 0 bridgehead atoms. The highest BCUT2D eigenvalue weighted by molar-refractivity contribution is 8.12. The fraction of sp³-hybridized carbons (Fsp3) is 0.333. The van der Waals surface area contributed by atoms with Crippen molar-refractivity contribution in [2.45, 2.75) is 31.1 Å². The van der Waals surface area contributed by atoms with Crippen molar-refractivity contribution in [3.8, 4) is 11.5 Å². The molecule has 0 aromatic heterocycles. The lowest BCUT2D eigenvalue weighted by Crippen LogP contribution is -2.46. The number of aromatic hydroxyl groups is 2. The molecule has 1 aliphatic heterocycles. The normalized spacial score (nSPS) is 26.6. The number of phenols is 2. The number of nitrogens with zero attached hydrogens (tertiary/aromatic N) is 1. The molecule has 1 amide bonds. The number of rotatable bonds is 3. The van der Waals surface area contributed by atoms with Crippen molar-refractivity contribution >= 4 is 23.2 Å². The van der Waals surface area contributed by atoms with Crippen LogP contribution in [0.5, 0.6) is 11.5 Å². The first-order chi connectivity index (χ1) is 13.0. The summed E-state index contributed by atoms with van der Waals surface area (Å²) in [4.78, 5) is 17.6. The molecule has 27 heavy (non-hydrogen) atoms. The molecule has 0 spiro atoms. The molecule has 140 valence electrons. The Morgan fingerprint density at radius 1 is 1.22 bits per heavy atom. The quantitative estimate of drug-likeness (QED) is 0.760. The number of benzene rings is 2. The van der Waals surface area contributed by atoms with E-state index in [2.05, 4.69) is 10.3 Å². The Kier molecular flexibility index (Phi) is 4.60. The molecule has 1 aliphatic carbocycles. The van der Waals surface area contributed by atoms with Gasteiger partial charge in [0.1, 0.15) is 11.5 Å². The monoisotopic (exact) mass is 382 g/mol. The van der Waals surface area contributed by atoms with Crippen molar-refractivity contribution in [2.75, 3.05) is 6.54 Å². The van der Waals surface area contributed by atoms with Crippen molar-refractivity contribution in [1.29, 1.82) is 0 Å². The summed E-state index contributed by atoms with van der Waals surface area (Å²) in [5.74, 6) is 0.0961. The van der Waals surface area contributed by atoms with Crippen molar-refractivity contribution < 1.29 is 15.0 Å². The van der Waals surface area contributed by atoms with Gasteiger partial charge < -0.3 is 15.5 Å². The minimum atomic E-state index is -0.709. The van der Waals surface area contributed by atoms with Gasteiger partial charge in [0.2, 0.25) is 5.91 Å². The van der Waals surface area contributed by atoms with Gasteiger partial charge in [-0.05, 0) is 60.7 Å². The predicted molar refractivity (Wildman–Crippen MR) is 107 cm³/mol. The first-order valence-corrected chi connectivity index (χ1v) is 9.97. The lowest BCUT2D eigenvalue weighted by atomic mass is 9.73. The topological polar surface area (TPSA) is 81.9 Å². The van der Waals surface area contributed by atoms with Crippen LogP contribution in [0.2, 0.25) is 0 Å². The first-order valence-electron chi connectivity index (χ1n) is 9.03. The van der Waals surface area contributed by atoms with Crippen LogP contribution in [0, 0.1) is 5.41 Å². The number of carbonyl (C=O) groups excluding carboxylic acids is 1. The lowest BCUT2D eigenvalue weighted by Gasteiger charge is -2.33. The number of phenolic OH excluding ortho intramolecular Hbond substituents is 2. The van der Waals surface area contributed by atoms with E-state index in [0.29, 0.717) is 6.42 Å². The van der Waals surface area contributed by atoms with E-state index in [1.807, 2.05) is 19.1 Å². The average Bonchev–Trinajstić information content (AvgIpc) is 2.95. The molecule has 0 saturated heterocycles. The van der Waals surface area contributed by atoms with Gasteiger partial charge in [0, 0.05) is 12.5 Å². The molecule has 2 aliphatic rings. The smallest absolute Gasteiger partial charge is 0.228 e. The highest BCUT2D eigenvalue weighted by Gasteiger charge is 2.49. The standard InChI is InChI=1S/C21H22N2O3S/c1-21(20(26)23-18-7-8-22-12-27-18)11-14-5-6-16(25)10-17(14)19(21)13-3-2-4-15(24)9-13/h2-6,9-10,12,18-19,24-25H,7-8,11H2,1H3,(H,23,26)/t18?,19-,21+/m0/s1. The molecular weight excluding hydrogens is 360 g/mol. The van der Waals surface area contributed by atoms with Gasteiger partial charge in [-0.15, -0.1) is 0 Å². The zero-order valence-corrected chi connectivity index (χ0v) is 15.9. The summed E-state index contributed by atoms with van der Waals surface area (Å²) in [6.07, 6.45) is 1.40. The molecule has 6 heteroatoms. The third kappa shape index (κ3) is 3.30. The zero-order valence-electron chi connectivity index (χ0n) is 15.1. The molecule has 0 fully saturated rings. The Hall–Kier alpha value is -2.47. The summed E-state index contributed by atoms with van der Waals surface area (Å²) in [5.41, 5.74) is 3.95. The lowest BCUT2D eigenvalue weighted by molar-refractivity contribution is -0.130. The van der Waals surface area contributed by atoms with Gasteiger partial charge in [-0.3, -0.25) is 9.79 Å². The minimum Gasteiger partial charge on any atom is -0.508 e. The van der Waals surface area contributed by atoms with E-state index >= 15 is 0 Å². The number of thioether (sulfide) groups is 1. The van der Waals surface area contributed by atoms with Crippen LogP contribution in [-0.4, -0.2) is 33.6 Å². The van der Waals surface area contributed by atoms with Crippen molar-refractivity contribution in [3.05, 3.63) is 59.2 Å². The Morgan fingerprint density at radius 2 is 2.04 bits per heavy atom. The predicted octanol–water partition coefficient (Wildman–Crippen LogP) is 3.40. The zero-order chi connectivity index (χ0) is 19.0. The Bertz CT molecular complexity index is 914. The van der Waals surface area contributed by atoms with E-state index in [4.69, 9.17) is 0 Å². The van der Waals surface area contributed by atoms with Crippen molar-refractivity contribution in [2.24, 2.45) is 10.4 Å². The Balaban J connectivity index is 1.73. The second kappa shape index (κ2) is 6.93. The van der Waals surface area contributed by atoms with Crippen LogP contribution in [-0.2, 0) is 11.2 Å². The average molecular weight is 382 g/mol. The van der Waals surface area contributed by atoms with E-state index < -0.39 is 5.41 Å². The van der Waals surface area contributed by atoms with Gasteiger partial charge >= 0.3 is 0 Å². The van der Waals surface area contributed by atoms with Crippen LogP contribution in [0.4, 0.5) is 0 Å². The van der Waals surface area contributed by atoms with Gasteiger partial charge in [-0.1, -0.05) is 30.0 Å². The second-order valence-electron chi connectivity index (χ2n) is 7.40. The van der Waals surface area contributed by atoms with Crippen LogP contribution in [0.3, 0.4) is 0 Å². The van der Waals surface area contributed by atoms with Crippen LogP contribution in [0.1, 0.15) is 36.0 Å². The molecule has 3 atom stereocenters. The number of amides is 1.